The van der Waals surface area contributed by atoms with Crippen LogP contribution in [0.5, 0.6) is 0 Å². The van der Waals surface area contributed by atoms with E-state index in [0.29, 0.717) is 5.56 Å². The normalized spacial score (nSPS) is 24.0. The summed E-state index contributed by atoms with van der Waals surface area (Å²) in [6.07, 6.45) is 2.03. The molecule has 1 aromatic carbocycles. The summed E-state index contributed by atoms with van der Waals surface area (Å²) in [6.45, 7) is 5.05. The molecule has 3 unspecified atom stereocenters. The standard InChI is InChI=1S/C20H24BrNO5/c1-20(2,3)27-19(25)22-15-9-6-13(10-15)17(22)18(24)26-11-16(23)12-4-7-14(21)8-5-12/h4-5,7-8,13,15,17H,6,9-11H2,1-3H3. The van der Waals surface area contributed by atoms with Gasteiger partial charge >= 0.3 is 12.1 Å². The number of nitrogens with zero attached hydrogens (tertiary/aromatic N) is 1. The lowest BCUT2D eigenvalue weighted by Gasteiger charge is -2.35. The van der Waals surface area contributed by atoms with Crippen molar-refractivity contribution in [2.45, 2.75) is 57.7 Å². The number of esters is 1. The van der Waals surface area contributed by atoms with E-state index in [9.17, 15) is 14.4 Å². The molecule has 0 aromatic heterocycles. The molecule has 0 spiro atoms. The van der Waals surface area contributed by atoms with Crippen molar-refractivity contribution in [1.29, 1.82) is 0 Å². The fourth-order valence-corrected chi connectivity index (χ4v) is 4.07. The number of rotatable bonds is 4. The Labute approximate surface area is 167 Å². The molecule has 3 rings (SSSR count). The number of Topliss-reactive ketones (excluding diaryl/α,β-unsaturated/α-hetero) is 1. The van der Waals surface area contributed by atoms with Gasteiger partial charge in [0.2, 0.25) is 0 Å². The van der Waals surface area contributed by atoms with Crippen LogP contribution in [0.25, 0.3) is 0 Å². The Hall–Kier alpha value is -1.89. The molecule has 1 aliphatic carbocycles. The molecule has 27 heavy (non-hydrogen) atoms. The van der Waals surface area contributed by atoms with E-state index >= 15 is 0 Å². The van der Waals surface area contributed by atoms with Crippen LogP contribution < -0.4 is 0 Å². The highest BCUT2D eigenvalue weighted by Gasteiger charge is 2.53. The number of carbonyl (C=O) groups excluding carboxylic acids is 3. The van der Waals surface area contributed by atoms with Gasteiger partial charge in [0.15, 0.2) is 12.4 Å². The Morgan fingerprint density at radius 3 is 2.44 bits per heavy atom. The van der Waals surface area contributed by atoms with Crippen molar-refractivity contribution in [2.75, 3.05) is 6.61 Å². The maximum absolute atomic E-state index is 12.7. The first kappa shape index (κ1) is 19.9. The van der Waals surface area contributed by atoms with Crippen LogP contribution >= 0.6 is 15.9 Å². The molecule has 146 valence electrons. The molecule has 1 saturated heterocycles. The lowest BCUT2D eigenvalue weighted by Crippen LogP contribution is -2.51. The molecule has 0 radical (unpaired) electrons. The predicted molar refractivity (Wildman–Crippen MR) is 102 cm³/mol. The Morgan fingerprint density at radius 2 is 1.81 bits per heavy atom. The largest absolute Gasteiger partial charge is 0.456 e. The van der Waals surface area contributed by atoms with Crippen LogP contribution in [0.15, 0.2) is 28.7 Å². The van der Waals surface area contributed by atoms with Crippen molar-refractivity contribution in [3.63, 3.8) is 0 Å². The summed E-state index contributed by atoms with van der Waals surface area (Å²) in [7, 11) is 0. The van der Waals surface area contributed by atoms with Gasteiger partial charge in [0, 0.05) is 16.1 Å². The number of ketones is 1. The first-order valence-electron chi connectivity index (χ1n) is 9.12. The van der Waals surface area contributed by atoms with Crippen LogP contribution in [0.1, 0.15) is 50.4 Å². The number of halogens is 1. The zero-order valence-corrected chi connectivity index (χ0v) is 17.3. The van der Waals surface area contributed by atoms with Crippen LogP contribution in [-0.4, -0.2) is 47.0 Å². The average molecular weight is 438 g/mol. The van der Waals surface area contributed by atoms with Gasteiger partial charge in [0.05, 0.1) is 0 Å². The fourth-order valence-electron chi connectivity index (χ4n) is 3.81. The quantitative estimate of drug-likeness (QED) is 0.526. The Kier molecular flexibility index (Phi) is 5.60. The zero-order valence-electron chi connectivity index (χ0n) is 15.7. The van der Waals surface area contributed by atoms with Gasteiger partial charge in [-0.3, -0.25) is 9.69 Å². The number of hydrogen-bond donors (Lipinski definition) is 0. The van der Waals surface area contributed by atoms with E-state index in [1.54, 1.807) is 45.0 Å². The number of fused-ring (bicyclic) bond motifs is 2. The summed E-state index contributed by atoms with van der Waals surface area (Å²) in [5, 5.41) is 0. The average Bonchev–Trinajstić information content (AvgIpc) is 3.19. The second kappa shape index (κ2) is 7.62. The Bertz CT molecular complexity index is 740. The highest BCUT2D eigenvalue weighted by Crippen LogP contribution is 2.43. The second-order valence-electron chi connectivity index (χ2n) is 8.10. The maximum atomic E-state index is 12.7. The number of piperidine rings is 1. The zero-order chi connectivity index (χ0) is 19.8. The van der Waals surface area contributed by atoms with E-state index < -0.39 is 23.7 Å². The van der Waals surface area contributed by atoms with Gasteiger partial charge in [-0.2, -0.15) is 0 Å². The minimum Gasteiger partial charge on any atom is -0.456 e. The lowest BCUT2D eigenvalue weighted by molar-refractivity contribution is -0.150. The predicted octanol–water partition coefficient (Wildman–Crippen LogP) is 3.96. The molecule has 1 heterocycles. The van der Waals surface area contributed by atoms with Gasteiger partial charge in [-0.15, -0.1) is 0 Å². The van der Waals surface area contributed by atoms with Gasteiger partial charge in [-0.05, 0) is 58.1 Å². The van der Waals surface area contributed by atoms with Gasteiger partial charge in [0.1, 0.15) is 11.6 Å². The first-order chi connectivity index (χ1) is 12.7. The minimum atomic E-state index is -0.670. The molecular formula is C20H24BrNO5. The van der Waals surface area contributed by atoms with Gasteiger partial charge in [-0.25, -0.2) is 9.59 Å². The van der Waals surface area contributed by atoms with Crippen molar-refractivity contribution in [3.05, 3.63) is 34.3 Å². The maximum Gasteiger partial charge on any atom is 0.411 e. The van der Waals surface area contributed by atoms with Gasteiger partial charge in [-0.1, -0.05) is 28.1 Å². The van der Waals surface area contributed by atoms with Crippen LogP contribution in [0.4, 0.5) is 4.79 Å². The minimum absolute atomic E-state index is 0.00424. The molecule has 1 saturated carbocycles. The van der Waals surface area contributed by atoms with Crippen molar-refractivity contribution in [3.8, 4) is 0 Å². The molecule has 3 atom stereocenters. The van der Waals surface area contributed by atoms with Crippen LogP contribution in [0, 0.1) is 5.92 Å². The summed E-state index contributed by atoms with van der Waals surface area (Å²) < 4.78 is 11.6. The third-order valence-corrected chi connectivity index (χ3v) is 5.47. The van der Waals surface area contributed by atoms with Crippen LogP contribution in [0.2, 0.25) is 0 Å². The van der Waals surface area contributed by atoms with Crippen molar-refractivity contribution >= 4 is 33.8 Å². The third-order valence-electron chi connectivity index (χ3n) is 4.94. The smallest absolute Gasteiger partial charge is 0.411 e. The van der Waals surface area contributed by atoms with E-state index in [1.165, 1.54) is 4.90 Å². The van der Waals surface area contributed by atoms with Crippen LogP contribution in [0.3, 0.4) is 0 Å². The summed E-state index contributed by atoms with van der Waals surface area (Å²) in [4.78, 5) is 39.0. The first-order valence-corrected chi connectivity index (χ1v) is 9.92. The molecule has 1 aliphatic heterocycles. The number of carbonyl (C=O) groups is 3. The lowest BCUT2D eigenvalue weighted by atomic mass is 9.99. The Morgan fingerprint density at radius 1 is 1.15 bits per heavy atom. The van der Waals surface area contributed by atoms with Crippen molar-refractivity contribution < 1.29 is 23.9 Å². The highest BCUT2D eigenvalue weighted by molar-refractivity contribution is 9.10. The second-order valence-corrected chi connectivity index (χ2v) is 9.01. The molecule has 1 aromatic rings. The van der Waals surface area contributed by atoms with E-state index in [4.69, 9.17) is 9.47 Å². The molecular weight excluding hydrogens is 414 g/mol. The molecule has 1 amide bonds. The number of benzene rings is 1. The number of likely N-dealkylation sites (tertiary alicyclic amines) is 1. The topological polar surface area (TPSA) is 72.9 Å². The van der Waals surface area contributed by atoms with E-state index in [-0.39, 0.29) is 24.3 Å². The fraction of sp³-hybridized carbons (Fsp3) is 0.550. The van der Waals surface area contributed by atoms with Gasteiger partial charge in [0.25, 0.3) is 0 Å². The summed E-state index contributed by atoms with van der Waals surface area (Å²) in [5.41, 5.74) is -0.159. The molecule has 2 fully saturated rings. The van der Waals surface area contributed by atoms with E-state index in [2.05, 4.69) is 15.9 Å². The Balaban J connectivity index is 1.64. The summed E-state index contributed by atoms with van der Waals surface area (Å²) >= 11 is 3.31. The molecule has 2 bridgehead atoms. The van der Waals surface area contributed by atoms with E-state index in [1.807, 2.05) is 0 Å². The highest BCUT2D eigenvalue weighted by atomic mass is 79.9. The monoisotopic (exact) mass is 437 g/mol. The van der Waals surface area contributed by atoms with Gasteiger partial charge < -0.3 is 9.47 Å². The summed E-state index contributed by atoms with van der Waals surface area (Å²) in [6, 6.07) is 6.20. The number of amides is 1. The van der Waals surface area contributed by atoms with Crippen molar-refractivity contribution in [2.24, 2.45) is 5.92 Å². The number of ether oxygens (including phenoxy) is 2. The van der Waals surface area contributed by atoms with Crippen molar-refractivity contribution in [1.82, 2.24) is 4.90 Å². The summed E-state index contributed by atoms with van der Waals surface area (Å²) in [5.74, 6) is -0.737. The molecule has 7 heteroatoms. The molecule has 2 aliphatic rings. The molecule has 6 nitrogen and oxygen atoms in total. The van der Waals surface area contributed by atoms with Crippen LogP contribution in [-0.2, 0) is 14.3 Å². The number of hydrogen-bond acceptors (Lipinski definition) is 5. The van der Waals surface area contributed by atoms with E-state index in [0.717, 1.165) is 23.7 Å². The molecule has 0 N–H and O–H groups in total. The third kappa shape index (κ3) is 4.51. The SMILES string of the molecule is CC(C)(C)OC(=O)N1C2CCC(C2)C1C(=O)OCC(=O)c1ccc(Br)cc1.